The maximum atomic E-state index is 5.28. The van der Waals surface area contributed by atoms with Crippen LogP contribution >= 0.6 is 0 Å². The van der Waals surface area contributed by atoms with Crippen LogP contribution in [0, 0.1) is 12.3 Å². The topological polar surface area (TPSA) is 25.8 Å². The first-order valence-corrected chi connectivity index (χ1v) is 3.57. The maximum absolute atomic E-state index is 5.28. The van der Waals surface area contributed by atoms with Gasteiger partial charge in [-0.15, -0.1) is 6.42 Å². The van der Waals surface area contributed by atoms with Crippen LogP contribution in [0.5, 0.6) is 0 Å². The molecule has 2 heteroatoms. The Morgan fingerprint density at radius 1 is 1.25 bits per heavy atom. The molecule has 0 amide bonds. The molecule has 2 nitrogen and oxygen atoms in total. The molecule has 0 aliphatic heterocycles. The third kappa shape index (κ3) is 0.923. The molecule has 0 aliphatic rings. The molecule has 0 aromatic carbocycles. The summed E-state index contributed by atoms with van der Waals surface area (Å²) in [5, 5.41) is 2.01. The number of fused-ring (bicyclic) bond motifs is 1. The Morgan fingerprint density at radius 2 is 2.08 bits per heavy atom. The molecule has 0 bridgehead atoms. The second kappa shape index (κ2) is 2.63. The third-order valence-electron chi connectivity index (χ3n) is 1.70. The van der Waals surface area contributed by atoms with Crippen molar-refractivity contribution in [3.8, 4) is 12.3 Å². The molecule has 2 aromatic rings. The van der Waals surface area contributed by atoms with Gasteiger partial charge in [-0.1, -0.05) is 0 Å². The van der Waals surface area contributed by atoms with Crippen LogP contribution in [-0.4, -0.2) is 9.97 Å². The number of rotatable bonds is 0. The molecule has 0 radical (unpaired) electrons. The fourth-order valence-electron chi connectivity index (χ4n) is 1.13. The molecular formula is C10H6N2. The van der Waals surface area contributed by atoms with Gasteiger partial charge in [-0.3, -0.25) is 4.98 Å². The predicted octanol–water partition coefficient (Wildman–Crippen LogP) is 1.61. The van der Waals surface area contributed by atoms with Gasteiger partial charge in [-0.2, -0.15) is 0 Å². The second-order valence-electron chi connectivity index (χ2n) is 2.40. The van der Waals surface area contributed by atoms with Gasteiger partial charge in [-0.05, 0) is 23.4 Å². The summed E-state index contributed by atoms with van der Waals surface area (Å²) in [6.45, 7) is 0. The standard InChI is InChI=1S/C10H6N2/c1-2-10-9-7-11-5-3-8(9)4-6-12-10/h1,3-7H. The van der Waals surface area contributed by atoms with Crippen molar-refractivity contribution in [1.29, 1.82) is 0 Å². The van der Waals surface area contributed by atoms with Gasteiger partial charge in [-0.25, -0.2) is 4.98 Å². The highest BCUT2D eigenvalue weighted by Gasteiger charge is 1.96. The molecule has 56 valence electrons. The average molecular weight is 154 g/mol. The Balaban J connectivity index is 2.91. The van der Waals surface area contributed by atoms with Crippen LogP contribution in [0.25, 0.3) is 10.8 Å². The molecule has 0 saturated heterocycles. The van der Waals surface area contributed by atoms with Crippen molar-refractivity contribution in [2.45, 2.75) is 0 Å². The molecule has 0 N–H and O–H groups in total. The fraction of sp³-hybridized carbons (Fsp3) is 0. The van der Waals surface area contributed by atoms with Crippen LogP contribution in [0.4, 0.5) is 0 Å². The molecule has 0 fully saturated rings. The van der Waals surface area contributed by atoms with E-state index in [1.54, 1.807) is 18.6 Å². The molecule has 0 saturated carbocycles. The zero-order valence-corrected chi connectivity index (χ0v) is 6.36. The summed E-state index contributed by atoms with van der Waals surface area (Å²) in [5.74, 6) is 2.52. The van der Waals surface area contributed by atoms with Gasteiger partial charge in [0, 0.05) is 24.0 Å². The average Bonchev–Trinajstić information content (AvgIpc) is 2.17. The van der Waals surface area contributed by atoms with Crippen molar-refractivity contribution in [2.75, 3.05) is 0 Å². The van der Waals surface area contributed by atoms with Crippen molar-refractivity contribution >= 4 is 10.8 Å². The minimum absolute atomic E-state index is 0.653. The molecule has 2 rings (SSSR count). The molecular weight excluding hydrogens is 148 g/mol. The van der Waals surface area contributed by atoms with Gasteiger partial charge in [0.25, 0.3) is 0 Å². The number of nitrogens with zero attached hydrogens (tertiary/aromatic N) is 2. The lowest BCUT2D eigenvalue weighted by atomic mass is 10.2. The number of hydrogen-bond donors (Lipinski definition) is 0. The van der Waals surface area contributed by atoms with Crippen molar-refractivity contribution in [3.63, 3.8) is 0 Å². The largest absolute Gasteiger partial charge is 0.264 e. The normalized spacial score (nSPS) is 9.58. The fourth-order valence-corrected chi connectivity index (χ4v) is 1.13. The smallest absolute Gasteiger partial charge is 0.122 e. The first kappa shape index (κ1) is 6.81. The minimum Gasteiger partial charge on any atom is -0.264 e. The van der Waals surface area contributed by atoms with E-state index >= 15 is 0 Å². The van der Waals surface area contributed by atoms with Crippen molar-refractivity contribution in [2.24, 2.45) is 0 Å². The lowest BCUT2D eigenvalue weighted by Crippen LogP contribution is -1.84. The molecule has 0 aliphatic carbocycles. The van der Waals surface area contributed by atoms with E-state index in [2.05, 4.69) is 15.9 Å². The summed E-state index contributed by atoms with van der Waals surface area (Å²) in [7, 11) is 0. The lowest BCUT2D eigenvalue weighted by molar-refractivity contribution is 1.29. The zero-order valence-electron chi connectivity index (χ0n) is 6.36. The summed E-state index contributed by atoms with van der Waals surface area (Å²) >= 11 is 0. The predicted molar refractivity (Wildman–Crippen MR) is 47.5 cm³/mol. The Labute approximate surface area is 70.3 Å². The van der Waals surface area contributed by atoms with Crippen LogP contribution in [0.15, 0.2) is 30.7 Å². The van der Waals surface area contributed by atoms with E-state index in [1.807, 2.05) is 12.1 Å². The summed E-state index contributed by atoms with van der Waals surface area (Å²) in [6.07, 6.45) is 10.5. The Morgan fingerprint density at radius 3 is 2.92 bits per heavy atom. The van der Waals surface area contributed by atoms with Crippen LogP contribution in [0.1, 0.15) is 5.69 Å². The molecule has 12 heavy (non-hydrogen) atoms. The first-order chi connectivity index (χ1) is 5.92. The highest BCUT2D eigenvalue weighted by molar-refractivity contribution is 5.85. The zero-order chi connectivity index (χ0) is 8.39. The molecule has 0 atom stereocenters. The molecule has 2 heterocycles. The van der Waals surface area contributed by atoms with Crippen molar-refractivity contribution < 1.29 is 0 Å². The van der Waals surface area contributed by atoms with Gasteiger partial charge in [0.1, 0.15) is 5.69 Å². The van der Waals surface area contributed by atoms with E-state index in [0.29, 0.717) is 5.69 Å². The number of hydrogen-bond acceptors (Lipinski definition) is 2. The van der Waals surface area contributed by atoms with Crippen LogP contribution in [0.2, 0.25) is 0 Å². The second-order valence-corrected chi connectivity index (χ2v) is 2.40. The van der Waals surface area contributed by atoms with Crippen LogP contribution in [0.3, 0.4) is 0 Å². The first-order valence-electron chi connectivity index (χ1n) is 3.57. The minimum atomic E-state index is 0.653. The van der Waals surface area contributed by atoms with Crippen LogP contribution in [-0.2, 0) is 0 Å². The quantitative estimate of drug-likeness (QED) is 0.539. The van der Waals surface area contributed by atoms with Crippen molar-refractivity contribution in [3.05, 3.63) is 36.4 Å². The van der Waals surface area contributed by atoms with E-state index < -0.39 is 0 Å². The molecule has 0 unspecified atom stereocenters. The Hall–Kier alpha value is -1.88. The van der Waals surface area contributed by atoms with E-state index in [4.69, 9.17) is 6.42 Å². The van der Waals surface area contributed by atoms with Gasteiger partial charge in [0.15, 0.2) is 0 Å². The van der Waals surface area contributed by atoms with Gasteiger partial charge >= 0.3 is 0 Å². The summed E-state index contributed by atoms with van der Waals surface area (Å²) in [5.41, 5.74) is 0.653. The maximum Gasteiger partial charge on any atom is 0.122 e. The summed E-state index contributed by atoms with van der Waals surface area (Å²) in [6, 6.07) is 3.83. The molecule has 0 spiro atoms. The Bertz CT molecular complexity index is 449. The summed E-state index contributed by atoms with van der Waals surface area (Å²) in [4.78, 5) is 8.04. The van der Waals surface area contributed by atoms with Crippen LogP contribution < -0.4 is 0 Å². The monoisotopic (exact) mass is 154 g/mol. The Kier molecular flexibility index (Phi) is 1.49. The highest BCUT2D eigenvalue weighted by atomic mass is 14.7. The van der Waals surface area contributed by atoms with Crippen molar-refractivity contribution in [1.82, 2.24) is 9.97 Å². The van der Waals surface area contributed by atoms with E-state index in [9.17, 15) is 0 Å². The van der Waals surface area contributed by atoms with Gasteiger partial charge < -0.3 is 0 Å². The SMILES string of the molecule is C#Cc1nccc2ccncc12. The number of aromatic nitrogens is 2. The highest BCUT2D eigenvalue weighted by Crippen LogP contribution is 2.13. The van der Waals surface area contributed by atoms with Gasteiger partial charge in [0.05, 0.1) is 0 Å². The third-order valence-corrected chi connectivity index (χ3v) is 1.70. The number of pyridine rings is 2. The van der Waals surface area contributed by atoms with E-state index in [1.165, 1.54) is 0 Å². The summed E-state index contributed by atoms with van der Waals surface area (Å²) < 4.78 is 0. The number of terminal acetylenes is 1. The van der Waals surface area contributed by atoms with E-state index in [-0.39, 0.29) is 0 Å². The van der Waals surface area contributed by atoms with Gasteiger partial charge in [0.2, 0.25) is 0 Å². The lowest BCUT2D eigenvalue weighted by Gasteiger charge is -1.96. The molecule has 2 aromatic heterocycles. The van der Waals surface area contributed by atoms with E-state index in [0.717, 1.165) is 10.8 Å².